The van der Waals surface area contributed by atoms with Gasteiger partial charge in [0.1, 0.15) is 5.78 Å². The largest absolute Gasteiger partial charge is 0.453 e. The van der Waals surface area contributed by atoms with Gasteiger partial charge in [0.15, 0.2) is 0 Å². The lowest BCUT2D eigenvalue weighted by Gasteiger charge is -2.62. The van der Waals surface area contributed by atoms with Crippen molar-refractivity contribution in [2.45, 2.75) is 160 Å². The summed E-state index contributed by atoms with van der Waals surface area (Å²) in [6, 6.07) is 0. The molecule has 0 aliphatic heterocycles. The van der Waals surface area contributed by atoms with Gasteiger partial charge < -0.3 is 5.11 Å². The lowest BCUT2D eigenvalue weighted by atomic mass is 9.42. The monoisotopic (exact) mass is 652 g/mol. The molecule has 0 aromatic carbocycles. The highest BCUT2D eigenvalue weighted by molar-refractivity contribution is 7.84. The molecule has 0 aromatic rings. The second-order valence-electron chi connectivity index (χ2n) is 15.5. The molecular formula is C35H57F5O3S. The zero-order chi connectivity index (χ0) is 32.2. The molecule has 4 rings (SSSR count). The number of hydrogen-bond acceptors (Lipinski definition) is 3. The van der Waals surface area contributed by atoms with Crippen LogP contribution >= 0.6 is 0 Å². The summed E-state index contributed by atoms with van der Waals surface area (Å²) in [6.45, 7) is 4.85. The molecule has 4 aliphatic rings. The number of halogens is 5. The van der Waals surface area contributed by atoms with Gasteiger partial charge in [0.25, 0.3) is 0 Å². The van der Waals surface area contributed by atoms with Crippen molar-refractivity contribution in [3.8, 4) is 0 Å². The molecule has 9 atom stereocenters. The van der Waals surface area contributed by atoms with E-state index in [1.54, 1.807) is 0 Å². The fraction of sp³-hybridized carbons (Fsp3) is 0.971. The van der Waals surface area contributed by atoms with E-state index >= 15 is 0 Å². The standard InChI is InChI=1S/C35H57F5O3S/c1-32-19-16-27(41)24-26(32)23-25(31-28-14-15-30(42)33(28,2)20-17-29(31)32)13-10-8-6-4-3-5-7-9-11-21-44(43)22-12-18-34(36,37)35(38,39)40/h25-26,28-31,42H,3-24H2,1-2H3/t25-,26?,28+,29+,30+,31+,32-,33-,44?/m1/s1. The van der Waals surface area contributed by atoms with Crippen LogP contribution in [0.15, 0.2) is 0 Å². The normalized spacial score (nSPS) is 36.5. The van der Waals surface area contributed by atoms with Crippen molar-refractivity contribution in [3.05, 3.63) is 0 Å². The summed E-state index contributed by atoms with van der Waals surface area (Å²) < 4.78 is 74.5. The highest BCUT2D eigenvalue weighted by atomic mass is 32.2. The number of rotatable bonds is 16. The maximum atomic E-state index is 13.0. The molecule has 0 heterocycles. The van der Waals surface area contributed by atoms with E-state index in [9.17, 15) is 36.1 Å². The van der Waals surface area contributed by atoms with E-state index in [0.29, 0.717) is 47.5 Å². The van der Waals surface area contributed by atoms with Crippen LogP contribution in [0.2, 0.25) is 0 Å². The quantitative estimate of drug-likeness (QED) is 0.133. The summed E-state index contributed by atoms with van der Waals surface area (Å²) in [7, 11) is -1.34. The Labute approximate surface area is 264 Å². The molecule has 3 nitrogen and oxygen atoms in total. The van der Waals surface area contributed by atoms with E-state index in [2.05, 4.69) is 13.8 Å². The fourth-order valence-corrected chi connectivity index (χ4v) is 11.3. The molecule has 0 amide bonds. The van der Waals surface area contributed by atoms with Crippen molar-refractivity contribution in [1.29, 1.82) is 0 Å². The molecule has 2 unspecified atom stereocenters. The summed E-state index contributed by atoms with van der Waals surface area (Å²) in [4.78, 5) is 12.5. The van der Waals surface area contributed by atoms with Crippen molar-refractivity contribution in [2.24, 2.45) is 40.4 Å². The van der Waals surface area contributed by atoms with E-state index in [0.717, 1.165) is 64.2 Å². The third kappa shape index (κ3) is 8.28. The average molecular weight is 653 g/mol. The molecule has 0 radical (unpaired) electrons. The van der Waals surface area contributed by atoms with Crippen LogP contribution in [0.25, 0.3) is 0 Å². The smallest absolute Gasteiger partial charge is 0.393 e. The van der Waals surface area contributed by atoms with Gasteiger partial charge in [-0.25, -0.2) is 0 Å². The van der Waals surface area contributed by atoms with Crippen molar-refractivity contribution in [2.75, 3.05) is 11.5 Å². The first-order chi connectivity index (χ1) is 20.7. The van der Waals surface area contributed by atoms with Crippen molar-refractivity contribution in [1.82, 2.24) is 0 Å². The van der Waals surface area contributed by atoms with E-state index in [4.69, 9.17) is 0 Å². The predicted octanol–water partition coefficient (Wildman–Crippen LogP) is 9.81. The second kappa shape index (κ2) is 15.1. The van der Waals surface area contributed by atoms with Gasteiger partial charge in [-0.15, -0.1) is 0 Å². The Kier molecular flexibility index (Phi) is 12.5. The maximum Gasteiger partial charge on any atom is 0.453 e. The second-order valence-corrected chi connectivity index (χ2v) is 17.2. The minimum atomic E-state index is -5.54. The molecule has 4 aliphatic carbocycles. The van der Waals surface area contributed by atoms with Gasteiger partial charge in [0.2, 0.25) is 0 Å². The molecule has 0 aromatic heterocycles. The SMILES string of the molecule is C[C@@]12CC[C@H]3[C@@H]([C@H](CCCCCCCCCCCS(=O)CCCC(F)(F)C(F)(F)F)CC4CC(=O)CC[C@]43C)[C@@H]1CC[C@@H]2O. The molecule has 4 saturated carbocycles. The van der Waals surface area contributed by atoms with Gasteiger partial charge in [0.05, 0.1) is 6.10 Å². The third-order valence-electron chi connectivity index (χ3n) is 12.8. The molecule has 44 heavy (non-hydrogen) atoms. The first-order valence-corrected chi connectivity index (χ1v) is 19.2. The van der Waals surface area contributed by atoms with Crippen LogP contribution in [0.1, 0.15) is 142 Å². The molecule has 0 bridgehead atoms. The Balaban J connectivity index is 1.10. The number of aliphatic hydroxyl groups excluding tert-OH is 1. The third-order valence-corrected chi connectivity index (χ3v) is 14.3. The van der Waals surface area contributed by atoms with Crippen LogP contribution in [-0.4, -0.2) is 44.8 Å². The Morgan fingerprint density at radius 3 is 2.05 bits per heavy atom. The Morgan fingerprint density at radius 1 is 0.795 bits per heavy atom. The number of hydrogen-bond donors (Lipinski definition) is 1. The van der Waals surface area contributed by atoms with Crippen LogP contribution in [0.3, 0.4) is 0 Å². The summed E-state index contributed by atoms with van der Waals surface area (Å²) >= 11 is 0. The van der Waals surface area contributed by atoms with Gasteiger partial charge in [-0.05, 0) is 91.8 Å². The number of unbranched alkanes of at least 4 members (excludes halogenated alkanes) is 8. The van der Waals surface area contributed by atoms with Crippen molar-refractivity contribution < 1.29 is 36.1 Å². The molecule has 1 N–H and O–H groups in total. The van der Waals surface area contributed by atoms with Gasteiger partial charge in [-0.1, -0.05) is 71.6 Å². The van der Waals surface area contributed by atoms with Crippen LogP contribution in [0.4, 0.5) is 22.0 Å². The molecule has 0 spiro atoms. The van der Waals surface area contributed by atoms with E-state index in [1.807, 2.05) is 0 Å². The number of ketones is 1. The molecule has 9 heteroatoms. The predicted molar refractivity (Wildman–Crippen MR) is 166 cm³/mol. The molecular weight excluding hydrogens is 595 g/mol. The zero-order valence-electron chi connectivity index (χ0n) is 27.1. The zero-order valence-corrected chi connectivity index (χ0v) is 27.9. The molecule has 4 fully saturated rings. The van der Waals surface area contributed by atoms with Crippen molar-refractivity contribution in [3.63, 3.8) is 0 Å². The fourth-order valence-electron chi connectivity index (χ4n) is 10.1. The minimum absolute atomic E-state index is 0.0660. The van der Waals surface area contributed by atoms with Gasteiger partial charge in [-0.2, -0.15) is 22.0 Å². The summed E-state index contributed by atoms with van der Waals surface area (Å²) in [6.07, 6.45) is 11.9. The minimum Gasteiger partial charge on any atom is -0.393 e. The number of carbonyl (C=O) groups is 1. The van der Waals surface area contributed by atoms with Crippen LogP contribution < -0.4 is 0 Å². The topological polar surface area (TPSA) is 54.4 Å². The van der Waals surface area contributed by atoms with E-state index in [1.165, 1.54) is 44.9 Å². The number of aliphatic hydroxyl groups is 1. The van der Waals surface area contributed by atoms with Gasteiger partial charge in [0, 0.05) is 41.6 Å². The first-order valence-electron chi connectivity index (χ1n) is 17.7. The van der Waals surface area contributed by atoms with Gasteiger partial charge in [-0.3, -0.25) is 9.00 Å². The van der Waals surface area contributed by atoms with Crippen LogP contribution in [0, 0.1) is 40.4 Å². The maximum absolute atomic E-state index is 13.0. The summed E-state index contributed by atoms with van der Waals surface area (Å²) in [5, 5.41) is 10.9. The Morgan fingerprint density at radius 2 is 1.39 bits per heavy atom. The van der Waals surface area contributed by atoms with Crippen molar-refractivity contribution >= 4 is 16.6 Å². The van der Waals surface area contributed by atoms with Gasteiger partial charge >= 0.3 is 12.1 Å². The van der Waals surface area contributed by atoms with Crippen LogP contribution in [-0.2, 0) is 15.6 Å². The summed E-state index contributed by atoms with van der Waals surface area (Å²) in [5.41, 5.74) is 0.351. The highest BCUT2D eigenvalue weighted by Crippen LogP contribution is 2.67. The highest BCUT2D eigenvalue weighted by Gasteiger charge is 2.62. The molecule has 0 saturated heterocycles. The van der Waals surface area contributed by atoms with E-state index < -0.39 is 29.3 Å². The average Bonchev–Trinajstić information content (AvgIpc) is 3.25. The Hall–Kier alpha value is -0.570. The summed E-state index contributed by atoms with van der Waals surface area (Å²) in [5.74, 6) is -0.772. The number of fused-ring (bicyclic) bond motifs is 5. The first kappa shape index (κ1) is 36.3. The number of Topliss-reactive ketones (excluding diaryl/α,β-unsaturated/α-hetero) is 1. The Bertz CT molecular complexity index is 973. The van der Waals surface area contributed by atoms with E-state index in [-0.39, 0.29) is 29.1 Å². The number of alkyl halides is 5. The number of carbonyl (C=O) groups excluding carboxylic acids is 1. The lowest BCUT2D eigenvalue weighted by Crippen LogP contribution is -2.57. The lowest BCUT2D eigenvalue weighted by molar-refractivity contribution is -0.284. The molecule has 256 valence electrons. The van der Waals surface area contributed by atoms with Crippen LogP contribution in [0.5, 0.6) is 0 Å².